The highest BCUT2D eigenvalue weighted by Gasteiger charge is 2.09. The Bertz CT molecular complexity index is 889. The molecule has 0 spiro atoms. The predicted molar refractivity (Wildman–Crippen MR) is 95.6 cm³/mol. The van der Waals surface area contributed by atoms with Crippen molar-refractivity contribution in [2.45, 2.75) is 13.8 Å². The van der Waals surface area contributed by atoms with Gasteiger partial charge in [-0.3, -0.25) is 4.79 Å². The van der Waals surface area contributed by atoms with Crippen molar-refractivity contribution in [2.24, 2.45) is 0 Å². The van der Waals surface area contributed by atoms with Crippen LogP contribution in [0.2, 0.25) is 0 Å². The van der Waals surface area contributed by atoms with E-state index in [1.54, 1.807) is 36.4 Å². The molecule has 5 nitrogen and oxygen atoms in total. The van der Waals surface area contributed by atoms with Crippen LogP contribution in [0.15, 0.2) is 54.6 Å². The van der Waals surface area contributed by atoms with E-state index in [1.807, 2.05) is 19.9 Å². The van der Waals surface area contributed by atoms with E-state index < -0.39 is 5.82 Å². The summed E-state index contributed by atoms with van der Waals surface area (Å²) in [5.41, 5.74) is 3.08. The minimum atomic E-state index is -0.471. The molecule has 0 unspecified atom stereocenters. The number of halogens is 1. The molecule has 1 amide bonds. The fourth-order valence-corrected chi connectivity index (χ4v) is 2.37. The topological polar surface area (TPSA) is 66.9 Å². The molecule has 3 aromatic rings. The van der Waals surface area contributed by atoms with Crippen molar-refractivity contribution in [1.29, 1.82) is 0 Å². The zero-order chi connectivity index (χ0) is 17.8. The molecule has 25 heavy (non-hydrogen) atoms. The van der Waals surface area contributed by atoms with Gasteiger partial charge in [-0.1, -0.05) is 12.1 Å². The Kier molecular flexibility index (Phi) is 4.70. The monoisotopic (exact) mass is 336 g/mol. The van der Waals surface area contributed by atoms with Crippen LogP contribution in [0.25, 0.3) is 0 Å². The van der Waals surface area contributed by atoms with Gasteiger partial charge in [0, 0.05) is 22.6 Å². The molecule has 2 N–H and O–H groups in total. The SMILES string of the molecule is Cc1cc(C)nc(Nc2ccc(C(=O)Nc3ccccc3F)cc2)n1. The lowest BCUT2D eigenvalue weighted by Crippen LogP contribution is -2.12. The summed E-state index contributed by atoms with van der Waals surface area (Å²) in [6, 6.07) is 14.7. The molecule has 0 saturated heterocycles. The number of amides is 1. The number of anilines is 3. The molecule has 0 aliphatic carbocycles. The predicted octanol–water partition coefficient (Wildman–Crippen LogP) is 4.23. The lowest BCUT2D eigenvalue weighted by molar-refractivity contribution is 0.102. The number of hydrogen-bond acceptors (Lipinski definition) is 4. The summed E-state index contributed by atoms with van der Waals surface area (Å²) >= 11 is 0. The molecule has 0 bridgehead atoms. The fraction of sp³-hybridized carbons (Fsp3) is 0.105. The van der Waals surface area contributed by atoms with Gasteiger partial charge >= 0.3 is 0 Å². The second-order valence-electron chi connectivity index (χ2n) is 5.61. The van der Waals surface area contributed by atoms with Crippen LogP contribution in [0, 0.1) is 19.7 Å². The Hall–Kier alpha value is -3.28. The quantitative estimate of drug-likeness (QED) is 0.748. The maximum Gasteiger partial charge on any atom is 0.255 e. The molecule has 0 saturated carbocycles. The van der Waals surface area contributed by atoms with E-state index in [-0.39, 0.29) is 11.6 Å². The van der Waals surface area contributed by atoms with Crippen molar-refractivity contribution in [1.82, 2.24) is 9.97 Å². The molecule has 0 fully saturated rings. The van der Waals surface area contributed by atoms with Gasteiger partial charge in [-0.2, -0.15) is 0 Å². The molecule has 3 rings (SSSR count). The lowest BCUT2D eigenvalue weighted by atomic mass is 10.2. The molecule has 126 valence electrons. The molecule has 1 heterocycles. The highest BCUT2D eigenvalue weighted by Crippen LogP contribution is 2.17. The fourth-order valence-electron chi connectivity index (χ4n) is 2.37. The van der Waals surface area contributed by atoms with E-state index in [0.717, 1.165) is 17.1 Å². The molecule has 0 aliphatic rings. The van der Waals surface area contributed by atoms with Crippen LogP contribution in [0.4, 0.5) is 21.7 Å². The van der Waals surface area contributed by atoms with E-state index in [4.69, 9.17) is 0 Å². The number of para-hydroxylation sites is 1. The number of aryl methyl sites for hydroxylation is 2. The number of nitrogens with one attached hydrogen (secondary N) is 2. The molecule has 1 aromatic heterocycles. The minimum absolute atomic E-state index is 0.151. The first kappa shape index (κ1) is 16.6. The van der Waals surface area contributed by atoms with Crippen molar-refractivity contribution < 1.29 is 9.18 Å². The Balaban J connectivity index is 1.71. The second kappa shape index (κ2) is 7.09. The normalized spacial score (nSPS) is 10.4. The summed E-state index contributed by atoms with van der Waals surface area (Å²) in [5.74, 6) is -0.346. The van der Waals surface area contributed by atoms with E-state index in [0.29, 0.717) is 11.5 Å². The number of hydrogen-bond donors (Lipinski definition) is 2. The number of carbonyl (C=O) groups is 1. The van der Waals surface area contributed by atoms with Gasteiger partial charge in [0.2, 0.25) is 5.95 Å². The lowest BCUT2D eigenvalue weighted by Gasteiger charge is -2.09. The largest absolute Gasteiger partial charge is 0.324 e. The van der Waals surface area contributed by atoms with Gasteiger partial charge in [0.05, 0.1) is 5.69 Å². The number of aromatic nitrogens is 2. The van der Waals surface area contributed by atoms with Gasteiger partial charge in [0.25, 0.3) is 5.91 Å². The average Bonchev–Trinajstić information content (AvgIpc) is 2.56. The first-order valence-corrected chi connectivity index (χ1v) is 7.76. The molecule has 0 atom stereocenters. The first-order chi connectivity index (χ1) is 12.0. The van der Waals surface area contributed by atoms with Crippen molar-refractivity contribution in [3.8, 4) is 0 Å². The second-order valence-corrected chi connectivity index (χ2v) is 5.61. The zero-order valence-corrected chi connectivity index (χ0v) is 13.9. The summed E-state index contributed by atoms with van der Waals surface area (Å²) in [6.07, 6.45) is 0. The summed E-state index contributed by atoms with van der Waals surface area (Å²) < 4.78 is 13.6. The van der Waals surface area contributed by atoms with Crippen LogP contribution in [-0.2, 0) is 0 Å². The van der Waals surface area contributed by atoms with Gasteiger partial charge in [0.15, 0.2) is 0 Å². The standard InChI is InChI=1S/C19H17FN4O/c1-12-11-13(2)22-19(21-12)23-15-9-7-14(8-10-15)18(25)24-17-6-4-3-5-16(17)20/h3-11H,1-2H3,(H,24,25)(H,21,22,23). The molecular formula is C19H17FN4O. The average molecular weight is 336 g/mol. The van der Waals surface area contributed by atoms with E-state index in [1.165, 1.54) is 12.1 Å². The smallest absolute Gasteiger partial charge is 0.255 e. The van der Waals surface area contributed by atoms with E-state index in [2.05, 4.69) is 20.6 Å². The van der Waals surface area contributed by atoms with Crippen LogP contribution in [0.3, 0.4) is 0 Å². The van der Waals surface area contributed by atoms with Crippen LogP contribution < -0.4 is 10.6 Å². The van der Waals surface area contributed by atoms with Crippen molar-refractivity contribution >= 4 is 23.2 Å². The van der Waals surface area contributed by atoms with Gasteiger partial charge in [-0.15, -0.1) is 0 Å². The summed E-state index contributed by atoms with van der Waals surface area (Å²) in [5, 5.41) is 5.65. The van der Waals surface area contributed by atoms with Crippen LogP contribution in [0.5, 0.6) is 0 Å². The third-order valence-electron chi connectivity index (χ3n) is 3.51. The van der Waals surface area contributed by atoms with Crippen LogP contribution >= 0.6 is 0 Å². The number of nitrogens with zero attached hydrogens (tertiary/aromatic N) is 2. The van der Waals surface area contributed by atoms with E-state index in [9.17, 15) is 9.18 Å². The van der Waals surface area contributed by atoms with Gasteiger partial charge in [0.1, 0.15) is 5.82 Å². The van der Waals surface area contributed by atoms with Crippen molar-refractivity contribution in [3.63, 3.8) is 0 Å². The molecule has 2 aromatic carbocycles. The summed E-state index contributed by atoms with van der Waals surface area (Å²) in [6.45, 7) is 3.80. The summed E-state index contributed by atoms with van der Waals surface area (Å²) in [7, 11) is 0. The maximum absolute atomic E-state index is 13.6. The van der Waals surface area contributed by atoms with Crippen molar-refractivity contribution in [3.05, 3.63) is 77.4 Å². The first-order valence-electron chi connectivity index (χ1n) is 7.76. The number of benzene rings is 2. The Morgan fingerprint density at radius 2 is 1.60 bits per heavy atom. The van der Waals surface area contributed by atoms with Crippen molar-refractivity contribution in [2.75, 3.05) is 10.6 Å². The third-order valence-corrected chi connectivity index (χ3v) is 3.51. The van der Waals surface area contributed by atoms with Gasteiger partial charge < -0.3 is 10.6 Å². The Morgan fingerprint density at radius 1 is 0.960 bits per heavy atom. The Labute approximate surface area is 145 Å². The molecular weight excluding hydrogens is 319 g/mol. The number of rotatable bonds is 4. The highest BCUT2D eigenvalue weighted by molar-refractivity contribution is 6.04. The zero-order valence-electron chi connectivity index (χ0n) is 13.9. The van der Waals surface area contributed by atoms with Crippen LogP contribution in [0.1, 0.15) is 21.7 Å². The Morgan fingerprint density at radius 3 is 2.24 bits per heavy atom. The van der Waals surface area contributed by atoms with Crippen LogP contribution in [-0.4, -0.2) is 15.9 Å². The van der Waals surface area contributed by atoms with Gasteiger partial charge in [-0.25, -0.2) is 14.4 Å². The molecule has 0 aliphatic heterocycles. The number of carbonyl (C=O) groups excluding carboxylic acids is 1. The maximum atomic E-state index is 13.6. The van der Waals surface area contributed by atoms with E-state index >= 15 is 0 Å². The highest BCUT2D eigenvalue weighted by atomic mass is 19.1. The summed E-state index contributed by atoms with van der Waals surface area (Å²) in [4.78, 5) is 20.8. The molecule has 0 radical (unpaired) electrons. The third kappa shape index (κ3) is 4.17. The van der Waals surface area contributed by atoms with Gasteiger partial charge in [-0.05, 0) is 56.3 Å². The minimum Gasteiger partial charge on any atom is -0.324 e. The molecule has 6 heteroatoms.